The van der Waals surface area contributed by atoms with Crippen molar-refractivity contribution >= 4 is 18.1 Å². The predicted molar refractivity (Wildman–Crippen MR) is 78.0 cm³/mol. The summed E-state index contributed by atoms with van der Waals surface area (Å²) < 4.78 is 10.6. The number of aryl methyl sites for hydroxylation is 2. The molecule has 108 valence electrons. The molecule has 1 atom stereocenters. The van der Waals surface area contributed by atoms with E-state index in [1.54, 1.807) is 0 Å². The smallest absolute Gasteiger partial charge is 0.226 e. The molecule has 1 fully saturated rings. The number of ether oxygens (including phenoxy) is 1. The maximum absolute atomic E-state index is 5.91. The van der Waals surface area contributed by atoms with E-state index in [2.05, 4.69) is 10.1 Å². The lowest BCUT2D eigenvalue weighted by Crippen LogP contribution is -2.01. The van der Waals surface area contributed by atoms with E-state index in [-0.39, 0.29) is 12.4 Å². The predicted octanol–water partition coefficient (Wildman–Crippen LogP) is 2.36. The lowest BCUT2D eigenvalue weighted by Gasteiger charge is -2.02. The maximum atomic E-state index is 5.91. The zero-order valence-corrected chi connectivity index (χ0v) is 11.9. The van der Waals surface area contributed by atoms with E-state index in [0.717, 1.165) is 42.9 Å². The molecule has 0 saturated carbocycles. The van der Waals surface area contributed by atoms with Crippen LogP contribution in [0.5, 0.6) is 0 Å². The number of aromatic nitrogens is 2. The minimum Gasteiger partial charge on any atom is -0.399 e. The second-order valence-corrected chi connectivity index (χ2v) is 4.81. The lowest BCUT2D eigenvalue weighted by molar-refractivity contribution is 0.192. The van der Waals surface area contributed by atoms with Gasteiger partial charge in [-0.1, -0.05) is 23.4 Å². The van der Waals surface area contributed by atoms with Crippen LogP contribution >= 0.6 is 12.4 Å². The van der Waals surface area contributed by atoms with Crippen LogP contribution in [0.25, 0.3) is 0 Å². The van der Waals surface area contributed by atoms with Crippen molar-refractivity contribution < 1.29 is 9.26 Å². The van der Waals surface area contributed by atoms with Crippen molar-refractivity contribution in [3.63, 3.8) is 0 Å². The average Bonchev–Trinajstić information content (AvgIpc) is 3.09. The van der Waals surface area contributed by atoms with Crippen LogP contribution in [0.15, 0.2) is 28.8 Å². The Morgan fingerprint density at radius 1 is 1.25 bits per heavy atom. The fraction of sp³-hybridized carbons (Fsp3) is 0.429. The molecule has 0 amide bonds. The number of benzene rings is 1. The molecule has 3 rings (SSSR count). The SMILES string of the molecule is Cl.Nc1ccccc1CCc1nc(C2CCOC2)no1. The number of para-hydroxylation sites is 1. The molecule has 6 heteroatoms. The van der Waals surface area contributed by atoms with Crippen molar-refractivity contribution in [2.75, 3.05) is 18.9 Å². The monoisotopic (exact) mass is 295 g/mol. The van der Waals surface area contributed by atoms with E-state index in [1.165, 1.54) is 0 Å². The van der Waals surface area contributed by atoms with Crippen molar-refractivity contribution in [3.8, 4) is 0 Å². The Bertz CT molecular complexity index is 553. The van der Waals surface area contributed by atoms with Gasteiger partial charge in [-0.15, -0.1) is 12.4 Å². The van der Waals surface area contributed by atoms with Crippen molar-refractivity contribution in [1.29, 1.82) is 0 Å². The molecule has 0 spiro atoms. The van der Waals surface area contributed by atoms with Crippen LogP contribution in [0.3, 0.4) is 0 Å². The third kappa shape index (κ3) is 3.29. The highest BCUT2D eigenvalue weighted by Gasteiger charge is 2.22. The fourth-order valence-corrected chi connectivity index (χ4v) is 2.28. The summed E-state index contributed by atoms with van der Waals surface area (Å²) in [5.41, 5.74) is 7.83. The van der Waals surface area contributed by atoms with Gasteiger partial charge in [-0.2, -0.15) is 4.98 Å². The molecule has 2 N–H and O–H groups in total. The number of nitrogens with zero attached hydrogens (tertiary/aromatic N) is 2. The molecule has 2 aromatic rings. The number of hydrogen-bond donors (Lipinski definition) is 1. The Morgan fingerprint density at radius 2 is 2.10 bits per heavy atom. The van der Waals surface area contributed by atoms with Gasteiger partial charge in [0.2, 0.25) is 5.89 Å². The molecule has 1 saturated heterocycles. The number of halogens is 1. The Hall–Kier alpha value is -1.59. The molecule has 1 aliphatic rings. The molecule has 1 aromatic heterocycles. The first-order valence-corrected chi connectivity index (χ1v) is 6.56. The van der Waals surface area contributed by atoms with Crippen LogP contribution in [-0.4, -0.2) is 23.4 Å². The van der Waals surface area contributed by atoms with Crippen LogP contribution in [-0.2, 0) is 17.6 Å². The van der Waals surface area contributed by atoms with Crippen LogP contribution < -0.4 is 5.73 Å². The zero-order chi connectivity index (χ0) is 13.1. The van der Waals surface area contributed by atoms with Gasteiger partial charge >= 0.3 is 0 Å². The van der Waals surface area contributed by atoms with Gasteiger partial charge in [0.15, 0.2) is 5.82 Å². The van der Waals surface area contributed by atoms with Gasteiger partial charge in [-0.25, -0.2) is 0 Å². The van der Waals surface area contributed by atoms with Crippen molar-refractivity contribution in [2.45, 2.75) is 25.2 Å². The standard InChI is InChI=1S/C14H17N3O2.ClH/c15-12-4-2-1-3-10(12)5-6-13-16-14(17-19-13)11-7-8-18-9-11;/h1-4,11H,5-9,15H2;1H. The molecular formula is C14H18ClN3O2. The molecule has 0 aliphatic carbocycles. The van der Waals surface area contributed by atoms with Gasteiger partial charge in [-0.05, 0) is 24.5 Å². The van der Waals surface area contributed by atoms with E-state index < -0.39 is 0 Å². The lowest BCUT2D eigenvalue weighted by atomic mass is 10.1. The fourth-order valence-electron chi connectivity index (χ4n) is 2.28. The highest BCUT2D eigenvalue weighted by atomic mass is 35.5. The minimum atomic E-state index is 0. The minimum absolute atomic E-state index is 0. The molecular weight excluding hydrogens is 278 g/mol. The number of rotatable bonds is 4. The molecule has 1 unspecified atom stereocenters. The first-order valence-electron chi connectivity index (χ1n) is 6.56. The van der Waals surface area contributed by atoms with Gasteiger partial charge in [0.1, 0.15) is 0 Å². The molecule has 2 heterocycles. The first-order chi connectivity index (χ1) is 9.33. The topological polar surface area (TPSA) is 74.2 Å². The van der Waals surface area contributed by atoms with Crippen LogP contribution in [0.1, 0.15) is 29.6 Å². The molecule has 0 bridgehead atoms. The number of nitrogen functional groups attached to an aromatic ring is 1. The van der Waals surface area contributed by atoms with Gasteiger partial charge < -0.3 is 15.0 Å². The van der Waals surface area contributed by atoms with Gasteiger partial charge in [0, 0.05) is 24.6 Å². The highest BCUT2D eigenvalue weighted by molar-refractivity contribution is 5.85. The average molecular weight is 296 g/mol. The van der Waals surface area contributed by atoms with Gasteiger partial charge in [0.05, 0.1) is 6.61 Å². The highest BCUT2D eigenvalue weighted by Crippen LogP contribution is 2.22. The summed E-state index contributed by atoms with van der Waals surface area (Å²) in [6.45, 7) is 1.49. The van der Waals surface area contributed by atoms with E-state index in [4.69, 9.17) is 15.0 Å². The normalized spacial score (nSPS) is 17.9. The van der Waals surface area contributed by atoms with Crippen molar-refractivity contribution in [3.05, 3.63) is 41.5 Å². The van der Waals surface area contributed by atoms with Crippen LogP contribution in [0, 0.1) is 0 Å². The molecule has 20 heavy (non-hydrogen) atoms. The second kappa shape index (κ2) is 6.72. The number of hydrogen-bond acceptors (Lipinski definition) is 5. The van der Waals surface area contributed by atoms with Crippen molar-refractivity contribution in [1.82, 2.24) is 10.1 Å². The number of nitrogens with two attached hydrogens (primary N) is 1. The zero-order valence-electron chi connectivity index (χ0n) is 11.1. The Balaban J connectivity index is 0.00000147. The summed E-state index contributed by atoms with van der Waals surface area (Å²) >= 11 is 0. The third-order valence-corrected chi connectivity index (χ3v) is 3.44. The Morgan fingerprint density at radius 3 is 2.85 bits per heavy atom. The molecule has 1 aliphatic heterocycles. The van der Waals surface area contributed by atoms with Gasteiger partial charge in [-0.3, -0.25) is 0 Å². The quantitative estimate of drug-likeness (QED) is 0.877. The number of anilines is 1. The summed E-state index contributed by atoms with van der Waals surface area (Å²) in [6, 6.07) is 7.85. The van der Waals surface area contributed by atoms with Crippen molar-refractivity contribution in [2.24, 2.45) is 0 Å². The summed E-state index contributed by atoms with van der Waals surface area (Å²) in [5.74, 6) is 1.73. The largest absolute Gasteiger partial charge is 0.399 e. The summed E-state index contributed by atoms with van der Waals surface area (Å²) in [5, 5.41) is 4.04. The summed E-state index contributed by atoms with van der Waals surface area (Å²) in [7, 11) is 0. The Kier molecular flexibility index (Phi) is 4.98. The van der Waals surface area contributed by atoms with Crippen LogP contribution in [0.2, 0.25) is 0 Å². The van der Waals surface area contributed by atoms with Crippen LogP contribution in [0.4, 0.5) is 5.69 Å². The third-order valence-electron chi connectivity index (χ3n) is 3.44. The van der Waals surface area contributed by atoms with E-state index in [0.29, 0.717) is 18.4 Å². The molecule has 5 nitrogen and oxygen atoms in total. The van der Waals surface area contributed by atoms with Gasteiger partial charge in [0.25, 0.3) is 0 Å². The molecule has 0 radical (unpaired) electrons. The summed E-state index contributed by atoms with van der Waals surface area (Å²) in [6.07, 6.45) is 2.51. The Labute approximate surface area is 123 Å². The van der Waals surface area contributed by atoms with E-state index in [9.17, 15) is 0 Å². The molecule has 1 aromatic carbocycles. The summed E-state index contributed by atoms with van der Waals surface area (Å²) in [4.78, 5) is 4.44. The second-order valence-electron chi connectivity index (χ2n) is 4.81. The van der Waals surface area contributed by atoms with E-state index >= 15 is 0 Å². The maximum Gasteiger partial charge on any atom is 0.226 e. The first kappa shape index (κ1) is 14.8. The van der Waals surface area contributed by atoms with E-state index in [1.807, 2.05) is 24.3 Å².